The molecule has 0 aliphatic heterocycles. The topological polar surface area (TPSA) is 104 Å². The summed E-state index contributed by atoms with van der Waals surface area (Å²) in [5.74, 6) is -1.45. The molecule has 1 aromatic carbocycles. The van der Waals surface area contributed by atoms with Gasteiger partial charge in [-0.1, -0.05) is 0 Å². The number of aliphatic hydroxyl groups is 2. The van der Waals surface area contributed by atoms with Gasteiger partial charge in [-0.25, -0.2) is 9.59 Å². The normalized spacial score (nSPS) is 24.7. The van der Waals surface area contributed by atoms with Crippen LogP contribution in [0.1, 0.15) is 46.4 Å². The third-order valence-corrected chi connectivity index (χ3v) is 4.24. The van der Waals surface area contributed by atoms with Crippen molar-refractivity contribution in [3.05, 3.63) is 35.4 Å². The molecule has 6 heteroatoms. The first-order valence-electron chi connectivity index (χ1n) is 7.28. The second-order valence-electron chi connectivity index (χ2n) is 5.74. The molecule has 1 aromatic rings. The molecule has 3 N–H and O–H groups in total. The van der Waals surface area contributed by atoms with E-state index in [4.69, 9.17) is 14.9 Å². The molecule has 0 radical (unpaired) electrons. The standard InChI is InChI=1S/C16H20O6/c17-9-11-5-7-16(10-18,8-6-11)22-15(21)13-3-1-12(2-4-13)14(19)20/h1-4,11,17-18H,5-10H2,(H,19,20). The van der Waals surface area contributed by atoms with E-state index >= 15 is 0 Å². The minimum Gasteiger partial charge on any atom is -0.478 e. The van der Waals surface area contributed by atoms with Crippen LogP contribution in [0, 0.1) is 5.92 Å². The lowest BCUT2D eigenvalue weighted by Gasteiger charge is -2.37. The van der Waals surface area contributed by atoms with Gasteiger partial charge in [-0.2, -0.15) is 0 Å². The zero-order valence-electron chi connectivity index (χ0n) is 12.2. The van der Waals surface area contributed by atoms with E-state index in [9.17, 15) is 14.7 Å². The summed E-state index contributed by atoms with van der Waals surface area (Å²) in [4.78, 5) is 23.0. The number of esters is 1. The van der Waals surface area contributed by atoms with Crippen LogP contribution in [0.2, 0.25) is 0 Å². The summed E-state index contributed by atoms with van der Waals surface area (Å²) in [5.41, 5.74) is -0.562. The fourth-order valence-electron chi connectivity index (χ4n) is 2.68. The van der Waals surface area contributed by atoms with Crippen LogP contribution >= 0.6 is 0 Å². The summed E-state index contributed by atoms with van der Waals surface area (Å²) < 4.78 is 5.49. The molecule has 0 aromatic heterocycles. The fraction of sp³-hybridized carbons (Fsp3) is 0.500. The number of aromatic carboxylic acids is 1. The second-order valence-corrected chi connectivity index (χ2v) is 5.74. The Labute approximate surface area is 128 Å². The molecule has 1 saturated carbocycles. The van der Waals surface area contributed by atoms with Crippen LogP contribution in [0.3, 0.4) is 0 Å². The Hall–Kier alpha value is -1.92. The molecular weight excluding hydrogens is 288 g/mol. The van der Waals surface area contributed by atoms with Gasteiger partial charge in [0.25, 0.3) is 0 Å². The highest BCUT2D eigenvalue weighted by atomic mass is 16.6. The Bertz CT molecular complexity index is 528. The van der Waals surface area contributed by atoms with Gasteiger partial charge in [0.15, 0.2) is 0 Å². The molecule has 0 unspecified atom stereocenters. The van der Waals surface area contributed by atoms with E-state index in [-0.39, 0.29) is 30.3 Å². The van der Waals surface area contributed by atoms with Crippen molar-refractivity contribution < 1.29 is 29.6 Å². The van der Waals surface area contributed by atoms with Gasteiger partial charge < -0.3 is 20.1 Å². The van der Waals surface area contributed by atoms with E-state index in [1.165, 1.54) is 24.3 Å². The molecule has 22 heavy (non-hydrogen) atoms. The van der Waals surface area contributed by atoms with Crippen LogP contribution in [0.5, 0.6) is 0 Å². The molecule has 1 fully saturated rings. The van der Waals surface area contributed by atoms with Crippen molar-refractivity contribution in [1.29, 1.82) is 0 Å². The first kappa shape index (κ1) is 16.5. The van der Waals surface area contributed by atoms with Gasteiger partial charge in [0.05, 0.1) is 17.7 Å². The molecule has 0 bridgehead atoms. The summed E-state index contributed by atoms with van der Waals surface area (Å²) in [6, 6.07) is 5.48. The highest BCUT2D eigenvalue weighted by Crippen LogP contribution is 2.35. The minimum absolute atomic E-state index is 0.0943. The number of hydrogen-bond donors (Lipinski definition) is 3. The Morgan fingerprint density at radius 1 is 1.09 bits per heavy atom. The molecule has 0 spiro atoms. The number of carboxylic acids is 1. The Balaban J connectivity index is 2.04. The molecule has 0 heterocycles. The quantitative estimate of drug-likeness (QED) is 0.711. The van der Waals surface area contributed by atoms with Gasteiger partial charge in [0.2, 0.25) is 0 Å². The number of carboxylic acid groups (broad SMARTS) is 1. The summed E-state index contributed by atoms with van der Waals surface area (Å²) in [5, 5.41) is 27.6. The first-order valence-corrected chi connectivity index (χ1v) is 7.28. The number of carbonyl (C=O) groups excluding carboxylic acids is 1. The minimum atomic E-state index is -1.06. The molecule has 0 atom stereocenters. The monoisotopic (exact) mass is 308 g/mol. The van der Waals surface area contributed by atoms with E-state index in [0.29, 0.717) is 25.7 Å². The van der Waals surface area contributed by atoms with Gasteiger partial charge in [-0.05, 0) is 55.9 Å². The number of hydrogen-bond acceptors (Lipinski definition) is 5. The second kappa shape index (κ2) is 6.89. The lowest BCUT2D eigenvalue weighted by atomic mass is 9.79. The largest absolute Gasteiger partial charge is 0.478 e. The van der Waals surface area contributed by atoms with E-state index in [1.54, 1.807) is 0 Å². The van der Waals surface area contributed by atoms with Crippen LogP contribution in [-0.2, 0) is 4.74 Å². The summed E-state index contributed by atoms with van der Waals surface area (Å²) >= 11 is 0. The van der Waals surface area contributed by atoms with Gasteiger partial charge in [-0.15, -0.1) is 0 Å². The third kappa shape index (κ3) is 3.64. The third-order valence-electron chi connectivity index (χ3n) is 4.24. The van der Waals surface area contributed by atoms with Crippen molar-refractivity contribution >= 4 is 11.9 Å². The lowest BCUT2D eigenvalue weighted by Crippen LogP contribution is -2.43. The maximum absolute atomic E-state index is 12.2. The molecule has 0 saturated heterocycles. The molecule has 6 nitrogen and oxygen atoms in total. The fourth-order valence-corrected chi connectivity index (χ4v) is 2.68. The number of ether oxygens (including phenoxy) is 1. The van der Waals surface area contributed by atoms with Crippen molar-refractivity contribution in [2.45, 2.75) is 31.3 Å². The first-order chi connectivity index (χ1) is 10.5. The Kier molecular flexibility index (Phi) is 5.15. The smallest absolute Gasteiger partial charge is 0.338 e. The summed E-state index contributed by atoms with van der Waals surface area (Å²) in [7, 11) is 0. The van der Waals surface area contributed by atoms with E-state index in [0.717, 1.165) is 0 Å². The molecule has 1 aliphatic carbocycles. The van der Waals surface area contributed by atoms with Crippen molar-refractivity contribution in [2.24, 2.45) is 5.92 Å². The van der Waals surface area contributed by atoms with Crippen LogP contribution in [0.4, 0.5) is 0 Å². The van der Waals surface area contributed by atoms with E-state index in [2.05, 4.69) is 0 Å². The zero-order valence-corrected chi connectivity index (χ0v) is 12.2. The van der Waals surface area contributed by atoms with Crippen molar-refractivity contribution in [3.8, 4) is 0 Å². The molecular formula is C16H20O6. The molecule has 1 aliphatic rings. The van der Waals surface area contributed by atoms with Crippen LogP contribution < -0.4 is 0 Å². The van der Waals surface area contributed by atoms with Crippen LogP contribution in [0.15, 0.2) is 24.3 Å². The van der Waals surface area contributed by atoms with Gasteiger partial charge in [0.1, 0.15) is 5.60 Å². The van der Waals surface area contributed by atoms with Crippen molar-refractivity contribution in [1.82, 2.24) is 0 Å². The number of carbonyl (C=O) groups is 2. The molecule has 120 valence electrons. The van der Waals surface area contributed by atoms with Gasteiger partial charge >= 0.3 is 11.9 Å². The predicted molar refractivity (Wildman–Crippen MR) is 77.7 cm³/mol. The predicted octanol–water partition coefficient (Wildman–Crippen LogP) is 1.46. The molecule has 0 amide bonds. The van der Waals surface area contributed by atoms with Crippen molar-refractivity contribution in [2.75, 3.05) is 13.2 Å². The number of rotatable bonds is 5. The highest BCUT2D eigenvalue weighted by Gasteiger charge is 2.38. The van der Waals surface area contributed by atoms with Crippen LogP contribution in [0.25, 0.3) is 0 Å². The lowest BCUT2D eigenvalue weighted by molar-refractivity contribution is -0.0759. The molecule has 2 rings (SSSR count). The highest BCUT2D eigenvalue weighted by molar-refractivity contribution is 5.92. The van der Waals surface area contributed by atoms with Gasteiger partial charge in [-0.3, -0.25) is 0 Å². The number of benzene rings is 1. The van der Waals surface area contributed by atoms with Crippen LogP contribution in [-0.4, -0.2) is 46.1 Å². The Morgan fingerprint density at radius 2 is 1.64 bits per heavy atom. The summed E-state index contributed by atoms with van der Waals surface area (Å²) in [6.45, 7) is -0.157. The summed E-state index contributed by atoms with van der Waals surface area (Å²) in [6.07, 6.45) is 2.41. The van der Waals surface area contributed by atoms with E-state index < -0.39 is 17.5 Å². The maximum atomic E-state index is 12.2. The van der Waals surface area contributed by atoms with E-state index in [1.807, 2.05) is 0 Å². The average Bonchev–Trinajstić information content (AvgIpc) is 2.55. The van der Waals surface area contributed by atoms with Gasteiger partial charge in [0, 0.05) is 6.61 Å². The average molecular weight is 308 g/mol. The van der Waals surface area contributed by atoms with Crippen molar-refractivity contribution in [3.63, 3.8) is 0 Å². The maximum Gasteiger partial charge on any atom is 0.338 e. The zero-order chi connectivity index (χ0) is 16.2. The Morgan fingerprint density at radius 3 is 2.09 bits per heavy atom. The number of aliphatic hydroxyl groups excluding tert-OH is 2. The SMILES string of the molecule is O=C(O)c1ccc(C(=O)OC2(CO)CCC(CO)CC2)cc1.